The highest BCUT2D eigenvalue weighted by molar-refractivity contribution is 5.95. The lowest BCUT2D eigenvalue weighted by molar-refractivity contribution is -0.146. The van der Waals surface area contributed by atoms with Crippen LogP contribution in [0.1, 0.15) is 35.7 Å². The summed E-state index contributed by atoms with van der Waals surface area (Å²) in [5.41, 5.74) is -1.29. The Morgan fingerprint density at radius 2 is 1.74 bits per heavy atom. The summed E-state index contributed by atoms with van der Waals surface area (Å²) in [6.07, 6.45) is -6.31. The lowest BCUT2D eigenvalue weighted by atomic mass is 10.0. The molecule has 126 valence electrons. The SMILES string of the molecule is CC(C)c1ccc(C(=O)N2NC(C(F)F)=CC2(O)C(F)F)cc1. The zero-order valence-electron chi connectivity index (χ0n) is 12.4. The maximum Gasteiger partial charge on any atom is 0.291 e. The fourth-order valence-corrected chi connectivity index (χ4v) is 2.17. The highest BCUT2D eigenvalue weighted by Gasteiger charge is 2.51. The van der Waals surface area contributed by atoms with Crippen LogP contribution in [0.25, 0.3) is 0 Å². The van der Waals surface area contributed by atoms with Crippen molar-refractivity contribution in [3.63, 3.8) is 0 Å². The third kappa shape index (κ3) is 3.17. The summed E-state index contributed by atoms with van der Waals surface area (Å²) in [6, 6.07) is 6.06. The lowest BCUT2D eigenvalue weighted by Gasteiger charge is -2.31. The van der Waals surface area contributed by atoms with E-state index in [1.807, 2.05) is 19.3 Å². The van der Waals surface area contributed by atoms with Crippen molar-refractivity contribution in [2.45, 2.75) is 38.3 Å². The van der Waals surface area contributed by atoms with Crippen LogP contribution in [0.2, 0.25) is 0 Å². The average Bonchev–Trinajstić information content (AvgIpc) is 2.86. The Morgan fingerprint density at radius 1 is 1.17 bits per heavy atom. The molecule has 0 fully saturated rings. The van der Waals surface area contributed by atoms with Gasteiger partial charge in [0.25, 0.3) is 18.8 Å². The molecule has 0 bridgehead atoms. The minimum absolute atomic E-state index is 0.00936. The Bertz CT molecular complexity index is 616. The Labute approximate surface area is 130 Å². The first-order valence-corrected chi connectivity index (χ1v) is 6.89. The van der Waals surface area contributed by atoms with E-state index in [2.05, 4.69) is 0 Å². The van der Waals surface area contributed by atoms with Crippen LogP contribution < -0.4 is 5.43 Å². The molecule has 1 aromatic carbocycles. The number of hydrazine groups is 1. The topological polar surface area (TPSA) is 52.6 Å². The molecule has 8 heteroatoms. The molecule has 4 nitrogen and oxygen atoms in total. The second-order valence-electron chi connectivity index (χ2n) is 5.51. The molecule has 1 aliphatic rings. The number of amides is 1. The van der Waals surface area contributed by atoms with E-state index < -0.39 is 30.2 Å². The van der Waals surface area contributed by atoms with E-state index in [1.165, 1.54) is 12.1 Å². The normalized spacial score (nSPS) is 21.1. The van der Waals surface area contributed by atoms with Crippen molar-refractivity contribution in [1.82, 2.24) is 10.4 Å². The molecule has 1 heterocycles. The molecular weight excluding hydrogens is 316 g/mol. The average molecular weight is 332 g/mol. The Hall–Kier alpha value is -2.09. The Kier molecular flexibility index (Phi) is 4.65. The predicted molar refractivity (Wildman–Crippen MR) is 74.9 cm³/mol. The van der Waals surface area contributed by atoms with E-state index in [9.17, 15) is 27.5 Å². The van der Waals surface area contributed by atoms with Gasteiger partial charge < -0.3 is 5.11 Å². The van der Waals surface area contributed by atoms with Gasteiger partial charge in [0.15, 0.2) is 0 Å². The number of hydrogen-bond acceptors (Lipinski definition) is 3. The second-order valence-corrected chi connectivity index (χ2v) is 5.51. The number of allylic oxidation sites excluding steroid dienone is 1. The molecular formula is C15H16F4N2O2. The molecule has 0 radical (unpaired) electrons. The summed E-state index contributed by atoms with van der Waals surface area (Å²) in [7, 11) is 0. The van der Waals surface area contributed by atoms with Crippen molar-refractivity contribution in [2.75, 3.05) is 0 Å². The van der Waals surface area contributed by atoms with Gasteiger partial charge in [0.05, 0.1) is 5.70 Å². The zero-order valence-corrected chi connectivity index (χ0v) is 12.4. The van der Waals surface area contributed by atoms with Crippen LogP contribution in [0.3, 0.4) is 0 Å². The van der Waals surface area contributed by atoms with Crippen LogP contribution in [0, 0.1) is 0 Å². The summed E-state index contributed by atoms with van der Waals surface area (Å²) < 4.78 is 51.6. The molecule has 1 amide bonds. The van der Waals surface area contributed by atoms with Crippen LogP contribution in [0.15, 0.2) is 36.0 Å². The van der Waals surface area contributed by atoms with Gasteiger partial charge in [-0.2, -0.15) is 0 Å². The van der Waals surface area contributed by atoms with E-state index >= 15 is 0 Å². The smallest absolute Gasteiger partial charge is 0.291 e. The van der Waals surface area contributed by atoms with Crippen molar-refractivity contribution < 1.29 is 27.5 Å². The first-order chi connectivity index (χ1) is 10.7. The van der Waals surface area contributed by atoms with Crippen molar-refractivity contribution in [3.8, 4) is 0 Å². The number of hydrogen-bond donors (Lipinski definition) is 2. The fraction of sp³-hybridized carbons (Fsp3) is 0.400. The maximum atomic E-state index is 13.1. The van der Waals surface area contributed by atoms with Gasteiger partial charge in [0.1, 0.15) is 0 Å². The third-order valence-corrected chi connectivity index (χ3v) is 3.55. The van der Waals surface area contributed by atoms with Crippen molar-refractivity contribution >= 4 is 5.91 Å². The van der Waals surface area contributed by atoms with Crippen molar-refractivity contribution in [3.05, 3.63) is 47.2 Å². The number of benzene rings is 1. The molecule has 2 rings (SSSR count). The molecule has 0 aromatic heterocycles. The molecule has 1 aliphatic heterocycles. The van der Waals surface area contributed by atoms with Gasteiger partial charge in [0.2, 0.25) is 5.72 Å². The van der Waals surface area contributed by atoms with Gasteiger partial charge in [-0.25, -0.2) is 22.6 Å². The minimum atomic E-state index is -3.45. The number of aliphatic hydroxyl groups is 1. The molecule has 23 heavy (non-hydrogen) atoms. The summed E-state index contributed by atoms with van der Waals surface area (Å²) >= 11 is 0. The van der Waals surface area contributed by atoms with Crippen LogP contribution in [0.5, 0.6) is 0 Å². The van der Waals surface area contributed by atoms with Crippen LogP contribution in [-0.2, 0) is 0 Å². The molecule has 0 spiro atoms. The molecule has 0 saturated carbocycles. The highest BCUT2D eigenvalue weighted by atomic mass is 19.3. The highest BCUT2D eigenvalue weighted by Crippen LogP contribution is 2.31. The molecule has 0 aliphatic carbocycles. The molecule has 1 unspecified atom stereocenters. The minimum Gasteiger partial charge on any atom is -0.361 e. The van der Waals surface area contributed by atoms with E-state index in [0.29, 0.717) is 0 Å². The van der Waals surface area contributed by atoms with Crippen LogP contribution >= 0.6 is 0 Å². The Balaban J connectivity index is 2.31. The third-order valence-electron chi connectivity index (χ3n) is 3.55. The number of carbonyl (C=O) groups excluding carboxylic acids is 1. The van der Waals surface area contributed by atoms with Gasteiger partial charge in [-0.15, -0.1) is 0 Å². The first-order valence-electron chi connectivity index (χ1n) is 6.89. The number of rotatable bonds is 4. The van der Waals surface area contributed by atoms with Crippen molar-refractivity contribution in [2.24, 2.45) is 0 Å². The number of carbonyl (C=O) groups is 1. The summed E-state index contributed by atoms with van der Waals surface area (Å²) in [4.78, 5) is 12.3. The number of nitrogens with zero attached hydrogens (tertiary/aromatic N) is 1. The molecule has 2 N–H and O–H groups in total. The lowest BCUT2D eigenvalue weighted by Crippen LogP contribution is -2.56. The van der Waals surface area contributed by atoms with Gasteiger partial charge in [-0.3, -0.25) is 10.2 Å². The van der Waals surface area contributed by atoms with Crippen LogP contribution in [0.4, 0.5) is 17.6 Å². The van der Waals surface area contributed by atoms with E-state index in [4.69, 9.17) is 0 Å². The molecule has 1 aromatic rings. The predicted octanol–water partition coefficient (Wildman–Crippen LogP) is 2.87. The number of nitrogens with one attached hydrogen (secondary N) is 1. The quantitative estimate of drug-likeness (QED) is 0.834. The van der Waals surface area contributed by atoms with Gasteiger partial charge in [-0.05, 0) is 23.6 Å². The monoisotopic (exact) mass is 332 g/mol. The van der Waals surface area contributed by atoms with Gasteiger partial charge >= 0.3 is 0 Å². The maximum absolute atomic E-state index is 13.1. The second kappa shape index (κ2) is 6.19. The summed E-state index contributed by atoms with van der Waals surface area (Å²) in [6.45, 7) is 3.88. The number of alkyl halides is 4. The van der Waals surface area contributed by atoms with Gasteiger partial charge in [-0.1, -0.05) is 26.0 Å². The standard InChI is InChI=1S/C15H16F4N2O2/c1-8(2)9-3-5-10(6-4-9)13(22)21-15(23,14(18)19)7-11(20-21)12(16)17/h3-8,12,14,20,23H,1-2H3. The first kappa shape index (κ1) is 17.3. The zero-order chi connectivity index (χ0) is 17.4. The van der Waals surface area contributed by atoms with Crippen molar-refractivity contribution in [1.29, 1.82) is 0 Å². The number of halogens is 4. The molecule has 0 saturated heterocycles. The van der Waals surface area contributed by atoms with Gasteiger partial charge in [0, 0.05) is 11.6 Å². The van der Waals surface area contributed by atoms with Crippen LogP contribution in [-0.4, -0.2) is 34.6 Å². The molecule has 1 atom stereocenters. The fourth-order valence-electron chi connectivity index (χ4n) is 2.17. The van der Waals surface area contributed by atoms with E-state index in [0.717, 1.165) is 5.56 Å². The summed E-state index contributed by atoms with van der Waals surface area (Å²) in [5.74, 6) is -0.829. The van der Waals surface area contributed by atoms with E-state index in [1.54, 1.807) is 12.1 Å². The largest absolute Gasteiger partial charge is 0.361 e. The van der Waals surface area contributed by atoms with E-state index in [-0.39, 0.29) is 22.6 Å². The Morgan fingerprint density at radius 3 is 2.17 bits per heavy atom. The summed E-state index contributed by atoms with van der Waals surface area (Å²) in [5, 5.41) is 10.0.